The average molecular weight is 1210 g/mol. The first-order valence-electron chi connectivity index (χ1n) is 23.3. The summed E-state index contributed by atoms with van der Waals surface area (Å²) in [6.45, 7) is -0.0108. The Kier molecular flexibility index (Phi) is 22.9. The Hall–Kier alpha value is -7.51. The maximum atomic E-state index is 13.5. The number of rotatable bonds is 18. The summed E-state index contributed by atoms with van der Waals surface area (Å²) in [4.78, 5) is 3.50. The highest BCUT2D eigenvalue weighted by Gasteiger charge is 2.45. The first kappa shape index (κ1) is 67.0. The fourth-order valence-electron chi connectivity index (χ4n) is 8.33. The van der Waals surface area contributed by atoms with Crippen LogP contribution in [0.15, 0.2) is 133 Å². The van der Waals surface area contributed by atoms with Gasteiger partial charge in [0.1, 0.15) is 36.2 Å². The van der Waals surface area contributed by atoms with Crippen molar-refractivity contribution in [1.29, 1.82) is 0 Å². The van der Waals surface area contributed by atoms with Crippen molar-refractivity contribution in [3.63, 3.8) is 0 Å². The molecule has 2 aliphatic rings. The molecule has 8 rings (SSSR count). The predicted molar refractivity (Wildman–Crippen MR) is 271 cm³/mol. The molecule has 0 saturated heterocycles. The minimum atomic E-state index is -4.91. The predicted octanol–water partition coefficient (Wildman–Crippen LogP) is 11.7. The van der Waals surface area contributed by atoms with Crippen LogP contribution in [0.3, 0.4) is 0 Å². The maximum Gasteiger partial charge on any atom is 0.573 e. The summed E-state index contributed by atoms with van der Waals surface area (Å²) in [6.07, 6.45) is -26.4. The number of hydrogen-bond acceptors (Lipinski definition) is 14. The summed E-state index contributed by atoms with van der Waals surface area (Å²) < 4.78 is 237. The van der Waals surface area contributed by atoms with Crippen LogP contribution in [0.25, 0.3) is 22.3 Å². The lowest BCUT2D eigenvalue weighted by atomic mass is 9.98. The Morgan fingerprint density at radius 1 is 0.561 bits per heavy atom. The van der Waals surface area contributed by atoms with Gasteiger partial charge in [0.2, 0.25) is 0 Å². The molecule has 2 aliphatic heterocycles. The molecule has 6 aromatic carbocycles. The van der Waals surface area contributed by atoms with Gasteiger partial charge in [0.05, 0.1) is 36.3 Å². The summed E-state index contributed by atoms with van der Waals surface area (Å²) in [7, 11) is -2.83. The molecule has 0 aromatic heterocycles. The van der Waals surface area contributed by atoms with E-state index >= 15 is 0 Å². The fourth-order valence-corrected chi connectivity index (χ4v) is 8.70. The summed E-state index contributed by atoms with van der Waals surface area (Å²) in [5, 5.41) is 7.00. The number of benzene rings is 6. The molecular formula is C52H52F14N4O11S. The van der Waals surface area contributed by atoms with Crippen molar-refractivity contribution in [1.82, 2.24) is 6.15 Å². The van der Waals surface area contributed by atoms with Gasteiger partial charge in [-0.15, -0.1) is 26.3 Å². The summed E-state index contributed by atoms with van der Waals surface area (Å²) in [5.41, 5.74) is 9.13. The van der Waals surface area contributed by atoms with Crippen molar-refractivity contribution in [2.45, 2.75) is 49.9 Å². The van der Waals surface area contributed by atoms with E-state index in [0.717, 1.165) is 37.6 Å². The van der Waals surface area contributed by atoms with E-state index < -0.39 is 83.0 Å². The molecule has 0 saturated carbocycles. The third-order valence-corrected chi connectivity index (χ3v) is 12.0. The van der Waals surface area contributed by atoms with Crippen molar-refractivity contribution in [3.05, 3.63) is 145 Å². The van der Waals surface area contributed by atoms with Gasteiger partial charge >= 0.3 is 37.8 Å². The molecule has 2 unspecified atom stereocenters. The summed E-state index contributed by atoms with van der Waals surface area (Å²) in [6, 6.07) is 29.6. The lowest BCUT2D eigenvalue weighted by molar-refractivity contribution is -0.275. The van der Waals surface area contributed by atoms with Gasteiger partial charge in [-0.3, -0.25) is 4.18 Å². The third-order valence-electron chi connectivity index (χ3n) is 11.4. The van der Waals surface area contributed by atoms with Gasteiger partial charge in [-0.1, -0.05) is 72.8 Å². The van der Waals surface area contributed by atoms with Gasteiger partial charge in [-0.25, -0.2) is 0 Å². The molecular weight excluding hydrogens is 1150 g/mol. The van der Waals surface area contributed by atoms with Crippen molar-refractivity contribution < 1.29 is 113 Å². The van der Waals surface area contributed by atoms with E-state index in [2.05, 4.69) is 18.9 Å². The van der Waals surface area contributed by atoms with E-state index in [9.17, 15) is 69.9 Å². The van der Waals surface area contributed by atoms with Crippen LogP contribution in [0, 0.1) is 0 Å². The first-order valence-corrected chi connectivity index (χ1v) is 25.1. The van der Waals surface area contributed by atoms with Gasteiger partial charge in [-0.05, 0) is 82.9 Å². The first-order chi connectivity index (χ1) is 37.6. The number of alkyl halides is 14. The van der Waals surface area contributed by atoms with E-state index in [1.807, 2.05) is 4.90 Å². The van der Waals surface area contributed by atoms with Crippen molar-refractivity contribution in [3.8, 4) is 56.8 Å². The number of anilines is 2. The molecule has 0 spiro atoms. The SMILES string of the molecule is CO.CS(=O)(=O)OCCN1c2cccc(-c3cccc(OC(F)(F)F)c3)c2OCC1c1cccc(OC(F)(F)C(F)F)c1.N.NCCN1c2cccc(-c3cccc(OC(F)(F)F)c3)c2OCC1c1cccc(OC(F)(F)C(F)F)c1.O. The third kappa shape index (κ3) is 17.7. The van der Waals surface area contributed by atoms with Crippen LogP contribution in [-0.4, -0.2) is 110 Å². The highest BCUT2D eigenvalue weighted by atomic mass is 32.2. The minimum absolute atomic E-state index is 0. The standard InChI is InChI=1S/C26H22F7NO6S.C25H21F7N2O3.CH4O.H3N.H2O/c1-41(35,36)38-12-11-34-21-10-4-9-20(16-5-2-8-19(13-16)40-26(31,32)33)23(21)37-15-22(34)17-6-3-7-18(14-17)39-25(29,30)24(27)28;26-23(27)24(28,29)36-17-6-2-5-16(13-17)21-14-35-22-19(8-3-9-20(22)34(21)11-10-33)15-4-1-7-18(12-15)37-25(30,31)32;1-2;;/h2-10,13-14,22,24H,11-12,15H2,1H3;1-9,12-13,21,23H,10-11,14,33H2;2H,1H3;1H3;1H2. The van der Waals surface area contributed by atoms with E-state index in [1.54, 1.807) is 53.4 Å². The number of ether oxygens (including phenoxy) is 6. The summed E-state index contributed by atoms with van der Waals surface area (Å²) in [5.74, 6) is -1.22. The number of aliphatic hydroxyl groups excluding tert-OH is 1. The van der Waals surface area contributed by atoms with Crippen LogP contribution in [0.2, 0.25) is 0 Å². The van der Waals surface area contributed by atoms with Crippen LogP contribution >= 0.6 is 0 Å². The zero-order valence-electron chi connectivity index (χ0n) is 42.8. The van der Waals surface area contributed by atoms with Gasteiger partial charge in [-0.2, -0.15) is 43.5 Å². The second-order valence-electron chi connectivity index (χ2n) is 16.9. The maximum absolute atomic E-state index is 13.5. The molecule has 2 heterocycles. The van der Waals surface area contributed by atoms with Crippen molar-refractivity contribution in [2.75, 3.05) is 62.6 Å². The van der Waals surface area contributed by atoms with Crippen LogP contribution in [0.5, 0.6) is 34.5 Å². The summed E-state index contributed by atoms with van der Waals surface area (Å²) >= 11 is 0. The molecule has 15 nitrogen and oxygen atoms in total. The van der Waals surface area contributed by atoms with Gasteiger partial charge in [0.25, 0.3) is 10.1 Å². The van der Waals surface area contributed by atoms with Crippen LogP contribution in [0.1, 0.15) is 23.2 Å². The van der Waals surface area contributed by atoms with Crippen molar-refractivity contribution in [2.24, 2.45) is 5.73 Å². The Bertz CT molecular complexity index is 3140. The number of fused-ring (bicyclic) bond motifs is 2. The van der Waals surface area contributed by atoms with Gasteiger partial charge < -0.3 is 60.7 Å². The van der Waals surface area contributed by atoms with Gasteiger partial charge in [0.15, 0.2) is 11.5 Å². The minimum Gasteiger partial charge on any atom is -0.488 e. The Labute approximate surface area is 459 Å². The number of aliphatic hydroxyl groups is 1. The largest absolute Gasteiger partial charge is 0.573 e. The van der Waals surface area contributed by atoms with E-state index in [1.165, 1.54) is 60.7 Å². The molecule has 0 aliphatic carbocycles. The van der Waals surface area contributed by atoms with Crippen molar-refractivity contribution >= 4 is 21.5 Å². The average Bonchev–Trinajstić information content (AvgIpc) is 3.42. The molecule has 0 radical (unpaired) electrons. The lowest BCUT2D eigenvalue weighted by Crippen LogP contribution is -2.40. The second kappa shape index (κ2) is 28.0. The number of para-hydroxylation sites is 2. The molecule has 82 heavy (non-hydrogen) atoms. The number of hydrogen-bond donors (Lipinski definition) is 3. The van der Waals surface area contributed by atoms with E-state index in [0.29, 0.717) is 57.0 Å². The molecule has 30 heteroatoms. The second-order valence-corrected chi connectivity index (χ2v) is 18.5. The number of nitrogens with two attached hydrogens (primary N) is 1. The fraction of sp³-hybridized carbons (Fsp3) is 0.308. The molecule has 2 atom stereocenters. The van der Waals surface area contributed by atoms with E-state index in [4.69, 9.17) is 24.5 Å². The Morgan fingerprint density at radius 3 is 1.27 bits per heavy atom. The molecule has 0 bridgehead atoms. The quantitative estimate of drug-likeness (QED) is 0.0539. The molecule has 0 fully saturated rings. The van der Waals surface area contributed by atoms with Crippen LogP contribution < -0.4 is 50.1 Å². The zero-order chi connectivity index (χ0) is 58.8. The molecule has 6 aromatic rings. The van der Waals surface area contributed by atoms with Crippen LogP contribution in [0.4, 0.5) is 72.8 Å². The molecule has 450 valence electrons. The van der Waals surface area contributed by atoms with Crippen LogP contribution in [-0.2, 0) is 14.3 Å². The number of halogens is 14. The highest BCUT2D eigenvalue weighted by molar-refractivity contribution is 7.86. The zero-order valence-corrected chi connectivity index (χ0v) is 43.6. The molecule has 0 amide bonds. The Morgan fingerprint density at radius 2 is 0.915 bits per heavy atom. The number of nitrogens with zero attached hydrogens (tertiary/aromatic N) is 2. The smallest absolute Gasteiger partial charge is 0.488 e. The van der Waals surface area contributed by atoms with E-state index in [-0.39, 0.29) is 50.3 Å². The highest BCUT2D eigenvalue weighted by Crippen LogP contribution is 2.48. The normalized spacial score (nSPS) is 15.1. The van der Waals surface area contributed by atoms with Gasteiger partial charge in [0, 0.05) is 37.9 Å². The molecule has 8 N–H and O–H groups in total. The Balaban J connectivity index is 0.000000336. The topological polar surface area (TPSA) is 218 Å². The monoisotopic (exact) mass is 1210 g/mol. The lowest BCUT2D eigenvalue weighted by Gasteiger charge is -2.39.